The Labute approximate surface area is 131 Å². The number of hydrogen-bond acceptors (Lipinski definition) is 5. The van der Waals surface area contributed by atoms with E-state index in [1.54, 1.807) is 17.8 Å². The SMILES string of the molecule is CSCC[C@H](N)C(=O)Nc1cc2c(cc1Cl)NC(=O)CO2. The molecule has 0 aromatic heterocycles. The lowest BCUT2D eigenvalue weighted by atomic mass is 10.2. The van der Waals surface area contributed by atoms with Crippen molar-refractivity contribution < 1.29 is 14.3 Å². The minimum atomic E-state index is -0.592. The molecule has 6 nitrogen and oxygen atoms in total. The van der Waals surface area contributed by atoms with Crippen molar-refractivity contribution in [2.75, 3.05) is 29.2 Å². The summed E-state index contributed by atoms with van der Waals surface area (Å²) >= 11 is 7.72. The molecule has 0 aliphatic carbocycles. The smallest absolute Gasteiger partial charge is 0.262 e. The summed E-state index contributed by atoms with van der Waals surface area (Å²) in [7, 11) is 0. The van der Waals surface area contributed by atoms with Crippen LogP contribution in [0.25, 0.3) is 0 Å². The molecule has 0 saturated carbocycles. The summed E-state index contributed by atoms with van der Waals surface area (Å²) in [5.74, 6) is 0.730. The van der Waals surface area contributed by atoms with E-state index < -0.39 is 6.04 Å². The molecule has 21 heavy (non-hydrogen) atoms. The molecule has 2 rings (SSSR count). The highest BCUT2D eigenvalue weighted by atomic mass is 35.5. The van der Waals surface area contributed by atoms with Gasteiger partial charge in [0.15, 0.2) is 6.61 Å². The Kier molecular flexibility index (Phi) is 5.33. The van der Waals surface area contributed by atoms with Crippen LogP contribution in [0.5, 0.6) is 5.75 Å². The van der Waals surface area contributed by atoms with Gasteiger partial charge in [0.05, 0.1) is 22.4 Å². The molecular formula is C13H16ClN3O3S. The fourth-order valence-corrected chi connectivity index (χ4v) is 2.50. The number of ether oxygens (including phenoxy) is 1. The van der Waals surface area contributed by atoms with E-state index in [9.17, 15) is 9.59 Å². The third kappa shape index (κ3) is 4.03. The molecule has 8 heteroatoms. The number of anilines is 2. The topological polar surface area (TPSA) is 93.5 Å². The van der Waals surface area contributed by atoms with E-state index in [0.717, 1.165) is 5.75 Å². The largest absolute Gasteiger partial charge is 0.482 e. The van der Waals surface area contributed by atoms with Crippen LogP contribution in [0.4, 0.5) is 11.4 Å². The number of nitrogens with two attached hydrogens (primary N) is 1. The third-order valence-corrected chi connectivity index (χ3v) is 3.89. The highest BCUT2D eigenvalue weighted by Crippen LogP contribution is 2.36. The predicted octanol–water partition coefficient (Wildman–Crippen LogP) is 1.69. The number of thioether (sulfide) groups is 1. The summed E-state index contributed by atoms with van der Waals surface area (Å²) in [4.78, 5) is 23.2. The number of nitrogens with one attached hydrogen (secondary N) is 2. The Morgan fingerprint density at radius 3 is 3.10 bits per heavy atom. The molecule has 114 valence electrons. The average molecular weight is 330 g/mol. The summed E-state index contributed by atoms with van der Waals surface area (Å²) in [5, 5.41) is 5.64. The van der Waals surface area contributed by atoms with Crippen LogP contribution in [0.2, 0.25) is 5.02 Å². The van der Waals surface area contributed by atoms with E-state index in [1.807, 2.05) is 6.26 Å². The molecule has 1 heterocycles. The van der Waals surface area contributed by atoms with Gasteiger partial charge in [-0.3, -0.25) is 9.59 Å². The number of hydrogen-bond donors (Lipinski definition) is 3. The van der Waals surface area contributed by atoms with Crippen LogP contribution in [0.1, 0.15) is 6.42 Å². The van der Waals surface area contributed by atoms with E-state index in [0.29, 0.717) is 28.6 Å². The third-order valence-electron chi connectivity index (χ3n) is 2.93. The van der Waals surface area contributed by atoms with Gasteiger partial charge in [-0.1, -0.05) is 11.6 Å². The van der Waals surface area contributed by atoms with Crippen LogP contribution in [0.15, 0.2) is 12.1 Å². The molecule has 0 saturated heterocycles. The summed E-state index contributed by atoms with van der Waals surface area (Å²) < 4.78 is 5.28. The molecule has 1 atom stereocenters. The molecule has 1 aromatic rings. The Bertz CT molecular complexity index is 568. The second-order valence-corrected chi connectivity index (χ2v) is 5.94. The van der Waals surface area contributed by atoms with E-state index in [1.165, 1.54) is 6.07 Å². The van der Waals surface area contributed by atoms with Gasteiger partial charge >= 0.3 is 0 Å². The zero-order valence-corrected chi connectivity index (χ0v) is 13.0. The quantitative estimate of drug-likeness (QED) is 0.764. The van der Waals surface area contributed by atoms with Crippen molar-refractivity contribution in [1.82, 2.24) is 0 Å². The predicted molar refractivity (Wildman–Crippen MR) is 85.2 cm³/mol. The highest BCUT2D eigenvalue weighted by Gasteiger charge is 2.20. The highest BCUT2D eigenvalue weighted by molar-refractivity contribution is 7.98. The fourth-order valence-electron chi connectivity index (χ4n) is 1.80. The van der Waals surface area contributed by atoms with Gasteiger partial charge in [-0.2, -0.15) is 11.8 Å². The molecule has 0 radical (unpaired) electrons. The maximum Gasteiger partial charge on any atom is 0.262 e. The van der Waals surface area contributed by atoms with Crippen molar-refractivity contribution in [1.29, 1.82) is 0 Å². The van der Waals surface area contributed by atoms with Crippen molar-refractivity contribution in [2.45, 2.75) is 12.5 Å². The van der Waals surface area contributed by atoms with Gasteiger partial charge in [0.1, 0.15) is 5.75 Å². The Balaban J connectivity index is 2.10. The summed E-state index contributed by atoms with van der Waals surface area (Å²) in [6, 6.07) is 2.53. The molecule has 0 bridgehead atoms. The number of halogens is 1. The van der Waals surface area contributed by atoms with Crippen LogP contribution in [-0.2, 0) is 9.59 Å². The Hall–Kier alpha value is -1.44. The normalized spacial score (nSPS) is 14.7. The van der Waals surface area contributed by atoms with Crippen molar-refractivity contribution in [3.05, 3.63) is 17.2 Å². The van der Waals surface area contributed by atoms with Gasteiger partial charge in [-0.25, -0.2) is 0 Å². The van der Waals surface area contributed by atoms with Crippen molar-refractivity contribution >= 4 is 46.6 Å². The monoisotopic (exact) mass is 329 g/mol. The maximum absolute atomic E-state index is 12.0. The molecule has 2 amide bonds. The minimum absolute atomic E-state index is 0.0603. The van der Waals surface area contributed by atoms with Gasteiger partial charge in [0.25, 0.3) is 5.91 Å². The number of fused-ring (bicyclic) bond motifs is 1. The summed E-state index contributed by atoms with van der Waals surface area (Å²) in [6.45, 7) is -0.0603. The first kappa shape index (κ1) is 15.9. The van der Waals surface area contributed by atoms with Gasteiger partial charge in [0, 0.05) is 6.07 Å². The molecule has 4 N–H and O–H groups in total. The lowest BCUT2D eigenvalue weighted by Crippen LogP contribution is -2.36. The number of rotatable bonds is 5. The number of carbonyl (C=O) groups excluding carboxylic acids is 2. The second-order valence-electron chi connectivity index (χ2n) is 4.54. The van der Waals surface area contributed by atoms with Crippen molar-refractivity contribution in [3.8, 4) is 5.75 Å². The van der Waals surface area contributed by atoms with E-state index in [4.69, 9.17) is 22.1 Å². The molecule has 0 unspecified atom stereocenters. The summed E-state index contributed by atoms with van der Waals surface area (Å²) in [5.41, 5.74) is 6.70. The molecular weight excluding hydrogens is 314 g/mol. The van der Waals surface area contributed by atoms with Crippen molar-refractivity contribution in [3.63, 3.8) is 0 Å². The van der Waals surface area contributed by atoms with Gasteiger partial charge in [0.2, 0.25) is 5.91 Å². The number of carbonyl (C=O) groups is 2. The van der Waals surface area contributed by atoms with E-state index >= 15 is 0 Å². The zero-order valence-electron chi connectivity index (χ0n) is 11.4. The van der Waals surface area contributed by atoms with Crippen LogP contribution < -0.4 is 21.1 Å². The second kappa shape index (κ2) is 7.02. The van der Waals surface area contributed by atoms with Crippen LogP contribution in [0.3, 0.4) is 0 Å². The average Bonchev–Trinajstić information content (AvgIpc) is 2.45. The van der Waals surface area contributed by atoms with E-state index in [-0.39, 0.29) is 18.4 Å². The van der Waals surface area contributed by atoms with Crippen LogP contribution >= 0.6 is 23.4 Å². The lowest BCUT2D eigenvalue weighted by molar-refractivity contribution is -0.119. The van der Waals surface area contributed by atoms with Gasteiger partial charge in [-0.15, -0.1) is 0 Å². The molecule has 1 aliphatic rings. The first-order chi connectivity index (χ1) is 10.0. The number of benzene rings is 1. The fraction of sp³-hybridized carbons (Fsp3) is 0.385. The lowest BCUT2D eigenvalue weighted by Gasteiger charge is -2.20. The van der Waals surface area contributed by atoms with Crippen molar-refractivity contribution in [2.24, 2.45) is 5.73 Å². The molecule has 0 fully saturated rings. The zero-order chi connectivity index (χ0) is 15.4. The van der Waals surface area contributed by atoms with Gasteiger partial charge in [-0.05, 0) is 24.5 Å². The first-order valence-electron chi connectivity index (χ1n) is 6.33. The Morgan fingerprint density at radius 2 is 2.38 bits per heavy atom. The molecule has 1 aromatic carbocycles. The maximum atomic E-state index is 12.0. The van der Waals surface area contributed by atoms with E-state index in [2.05, 4.69) is 10.6 Å². The van der Waals surface area contributed by atoms with Gasteiger partial charge < -0.3 is 21.1 Å². The molecule has 0 spiro atoms. The first-order valence-corrected chi connectivity index (χ1v) is 8.10. The minimum Gasteiger partial charge on any atom is -0.482 e. The standard InChI is InChI=1S/C13H16ClN3O3S/c1-21-3-2-8(15)13(19)17-9-5-11-10(4-7(9)14)16-12(18)6-20-11/h4-5,8H,2-3,6,15H2,1H3,(H,16,18)(H,17,19)/t8-/m0/s1. The Morgan fingerprint density at radius 1 is 1.62 bits per heavy atom. The number of amides is 2. The summed E-state index contributed by atoms with van der Waals surface area (Å²) in [6.07, 6.45) is 2.54. The molecule has 1 aliphatic heterocycles. The van der Waals surface area contributed by atoms with Crippen LogP contribution in [-0.4, -0.2) is 36.5 Å². The van der Waals surface area contributed by atoms with Crippen LogP contribution in [0, 0.1) is 0 Å².